The molecule has 0 spiro atoms. The summed E-state index contributed by atoms with van der Waals surface area (Å²) >= 11 is 6.57. The number of hydrogen-bond acceptors (Lipinski definition) is 13. The van der Waals surface area contributed by atoms with Crippen LogP contribution >= 0.6 is 31.9 Å². The molecule has 6 aromatic carbocycles. The van der Waals surface area contributed by atoms with E-state index in [0.29, 0.717) is 39.5 Å². The molecule has 0 unspecified atom stereocenters. The lowest BCUT2D eigenvalue weighted by Gasteiger charge is -2.36. The largest absolute Gasteiger partial charge is 0.445 e. The molecule has 0 saturated carbocycles. The number of benzene rings is 6. The van der Waals surface area contributed by atoms with E-state index in [1.807, 2.05) is 115 Å². The number of methoxy groups -OCH3 is 2. The van der Waals surface area contributed by atoms with Gasteiger partial charge in [-0.25, -0.2) is 14.4 Å². The molecular weight excluding hydrogens is 1200 g/mol. The first-order chi connectivity index (χ1) is 41.7. The Morgan fingerprint density at radius 3 is 1.13 bits per heavy atom. The molecule has 5 N–H and O–H groups in total. The Kier molecular flexibility index (Phi) is 35.9. The number of piperazine rings is 2. The van der Waals surface area contributed by atoms with Gasteiger partial charge in [0.15, 0.2) is 0 Å². The lowest BCUT2D eigenvalue weighted by atomic mass is 10.1. The topological polar surface area (TPSA) is 167 Å². The van der Waals surface area contributed by atoms with E-state index in [2.05, 4.69) is 126 Å². The number of anilines is 2. The Bertz CT molecular complexity index is 2640. The fourth-order valence-corrected chi connectivity index (χ4v) is 9.49. The first kappa shape index (κ1) is 69.3. The average molecular weight is 1300 g/mol. The molecule has 0 bridgehead atoms. The van der Waals surface area contributed by atoms with Crippen molar-refractivity contribution >= 4 is 61.5 Å². The van der Waals surface area contributed by atoms with Crippen molar-refractivity contribution in [3.05, 3.63) is 202 Å². The van der Waals surface area contributed by atoms with Crippen LogP contribution in [0.1, 0.15) is 52.6 Å². The molecule has 3 saturated heterocycles. The van der Waals surface area contributed by atoms with E-state index in [0.717, 1.165) is 118 Å². The quantitative estimate of drug-likeness (QED) is 0.0322. The molecule has 3 aliphatic heterocycles. The van der Waals surface area contributed by atoms with Gasteiger partial charge in [0.25, 0.3) is 0 Å². The van der Waals surface area contributed by atoms with Crippen molar-refractivity contribution in [3.63, 3.8) is 0 Å². The fourth-order valence-electron chi connectivity index (χ4n) is 8.90. The van der Waals surface area contributed by atoms with Crippen LogP contribution in [0.4, 0.5) is 25.8 Å². The maximum absolute atomic E-state index is 11.8. The van der Waals surface area contributed by atoms with Crippen LogP contribution in [0.2, 0.25) is 0 Å². The Balaban J connectivity index is 0.000000215. The predicted molar refractivity (Wildman–Crippen MR) is 350 cm³/mol. The SMILES string of the molecule is C1CCNCC1.COCCBr.COCCN1CCN(c2ccc(CCNC(=O)OCc3ccccc3)cc2)CC1.O=C(NCCc1ccc(Br)cc1)OCc1ccccc1.O=C(NCCc1ccc(N2CCNCC2)cc1)OCc1ccccc1. The number of halogens is 2. The van der Waals surface area contributed by atoms with Crippen LogP contribution in [0.25, 0.3) is 0 Å². The summed E-state index contributed by atoms with van der Waals surface area (Å²) in [6, 6.07) is 54.2. The summed E-state index contributed by atoms with van der Waals surface area (Å²) < 4.78 is 26.4. The molecule has 18 heteroatoms. The van der Waals surface area contributed by atoms with Crippen molar-refractivity contribution in [2.24, 2.45) is 0 Å². The Hall–Kier alpha value is -6.51. The Morgan fingerprint density at radius 2 is 0.800 bits per heavy atom. The number of alkyl carbamates (subject to hydrolysis) is 3. The van der Waals surface area contributed by atoms with Gasteiger partial charge in [-0.15, -0.1) is 0 Å². The molecule has 16 nitrogen and oxygen atoms in total. The van der Waals surface area contributed by atoms with Crippen molar-refractivity contribution in [2.45, 2.75) is 58.3 Å². The molecule has 3 fully saturated rings. The minimum Gasteiger partial charge on any atom is -0.445 e. The van der Waals surface area contributed by atoms with Gasteiger partial charge in [0.05, 0.1) is 13.2 Å². The highest BCUT2D eigenvalue weighted by atomic mass is 79.9. The third kappa shape index (κ3) is 31.5. The lowest BCUT2D eigenvalue weighted by Crippen LogP contribution is -2.47. The summed E-state index contributed by atoms with van der Waals surface area (Å²) in [6.45, 7) is 16.1. The van der Waals surface area contributed by atoms with Gasteiger partial charge < -0.3 is 60.1 Å². The van der Waals surface area contributed by atoms with Gasteiger partial charge >= 0.3 is 18.3 Å². The first-order valence-electron chi connectivity index (χ1n) is 29.6. The smallest absolute Gasteiger partial charge is 0.407 e. The molecule has 3 aliphatic rings. The molecule has 3 amide bonds. The molecule has 460 valence electrons. The number of nitrogens with zero attached hydrogens (tertiary/aromatic N) is 3. The standard InChI is InChI=1S/C23H31N3O3.C20H25N3O2.C16H16BrNO2.C5H11N.C3H7BrO/c1-28-18-17-25-13-15-26(16-14-25)22-9-7-20(8-10-22)11-12-24-23(27)29-19-21-5-3-2-4-6-21;24-20(25-16-18-4-2-1-3-5-18)22-11-10-17-6-8-19(9-7-17)23-14-12-21-13-15-23;17-15-8-6-13(7-9-15)10-11-18-16(19)20-12-14-4-2-1-3-5-14;1-2-4-6-5-3-1;1-5-3-2-4/h2-10H,11-19H2,1H3,(H,24,27);1-9,21H,10-16H2,(H,22,24);1-9H,10-12H2,(H,18,19);6H,1-5H2;2-3H2,1H3. The van der Waals surface area contributed by atoms with Gasteiger partial charge in [0.2, 0.25) is 0 Å². The normalized spacial score (nSPS) is 13.7. The second-order valence-corrected chi connectivity index (χ2v) is 21.9. The summed E-state index contributed by atoms with van der Waals surface area (Å²) in [5.74, 6) is 0. The predicted octanol–water partition coefficient (Wildman–Crippen LogP) is 11.2. The first-order valence-corrected chi connectivity index (χ1v) is 31.6. The van der Waals surface area contributed by atoms with E-state index in [9.17, 15) is 14.4 Å². The molecule has 6 aromatic rings. The zero-order chi connectivity index (χ0) is 60.2. The molecule has 0 radical (unpaired) electrons. The average Bonchev–Trinajstić information content (AvgIpc) is 3.67. The van der Waals surface area contributed by atoms with Crippen molar-refractivity contribution in [2.75, 3.05) is 134 Å². The highest BCUT2D eigenvalue weighted by molar-refractivity contribution is 9.10. The summed E-state index contributed by atoms with van der Waals surface area (Å²) in [4.78, 5) is 42.3. The van der Waals surface area contributed by atoms with E-state index >= 15 is 0 Å². The molecule has 0 atom stereocenters. The number of amides is 3. The minimum atomic E-state index is -0.383. The molecule has 3 heterocycles. The second kappa shape index (κ2) is 44.0. The minimum absolute atomic E-state index is 0.292. The number of carbonyl (C=O) groups excluding carboxylic acids is 3. The Morgan fingerprint density at radius 1 is 0.435 bits per heavy atom. The monoisotopic (exact) mass is 1290 g/mol. The zero-order valence-corrected chi connectivity index (χ0v) is 53.0. The van der Waals surface area contributed by atoms with Crippen molar-refractivity contribution in [3.8, 4) is 0 Å². The van der Waals surface area contributed by atoms with Crippen molar-refractivity contribution in [1.82, 2.24) is 31.5 Å². The van der Waals surface area contributed by atoms with E-state index in [4.69, 9.17) is 18.9 Å². The highest BCUT2D eigenvalue weighted by Gasteiger charge is 2.17. The van der Waals surface area contributed by atoms with Gasteiger partial charge in [0.1, 0.15) is 19.8 Å². The molecule has 85 heavy (non-hydrogen) atoms. The van der Waals surface area contributed by atoms with Gasteiger partial charge in [-0.2, -0.15) is 0 Å². The third-order valence-electron chi connectivity index (χ3n) is 13.8. The summed E-state index contributed by atoms with van der Waals surface area (Å²) in [6.07, 6.45) is 5.44. The van der Waals surface area contributed by atoms with E-state index < -0.39 is 0 Å². The molecule has 0 aromatic heterocycles. The summed E-state index contributed by atoms with van der Waals surface area (Å²) in [5, 5.41) is 15.9. The number of nitrogens with one attached hydrogen (secondary N) is 5. The molecule has 9 rings (SSSR count). The third-order valence-corrected chi connectivity index (χ3v) is 14.6. The van der Waals surface area contributed by atoms with Crippen LogP contribution < -0.4 is 36.4 Å². The van der Waals surface area contributed by atoms with Crippen molar-refractivity contribution < 1.29 is 38.1 Å². The number of hydrogen-bond donors (Lipinski definition) is 5. The number of rotatable bonds is 22. The highest BCUT2D eigenvalue weighted by Crippen LogP contribution is 2.19. The van der Waals surface area contributed by atoms with Crippen LogP contribution in [0.3, 0.4) is 0 Å². The van der Waals surface area contributed by atoms with E-state index in [1.54, 1.807) is 14.2 Å². The van der Waals surface area contributed by atoms with Crippen LogP contribution in [-0.4, -0.2) is 148 Å². The van der Waals surface area contributed by atoms with E-state index in [1.165, 1.54) is 60.4 Å². The molecular formula is C67H90Br2N8O8. The summed E-state index contributed by atoms with van der Waals surface area (Å²) in [7, 11) is 3.43. The van der Waals surface area contributed by atoms with E-state index in [-0.39, 0.29) is 18.3 Å². The van der Waals surface area contributed by atoms with Crippen LogP contribution in [0.15, 0.2) is 168 Å². The second-order valence-electron chi connectivity index (χ2n) is 20.2. The number of alkyl halides is 1. The zero-order valence-electron chi connectivity index (χ0n) is 49.8. The fraction of sp³-hybridized carbons (Fsp3) is 0.418. The number of piperidine rings is 1. The number of ether oxygens (including phenoxy) is 5. The molecule has 0 aliphatic carbocycles. The number of carbonyl (C=O) groups is 3. The van der Waals surface area contributed by atoms with Gasteiger partial charge in [-0.05, 0) is 115 Å². The van der Waals surface area contributed by atoms with Crippen LogP contribution in [0.5, 0.6) is 0 Å². The van der Waals surface area contributed by atoms with Gasteiger partial charge in [-0.3, -0.25) is 4.90 Å². The summed E-state index contributed by atoms with van der Waals surface area (Å²) in [5.41, 5.74) is 9.07. The maximum Gasteiger partial charge on any atom is 0.407 e. The lowest BCUT2D eigenvalue weighted by molar-refractivity contribution is 0.139. The van der Waals surface area contributed by atoms with Gasteiger partial charge in [-0.1, -0.05) is 166 Å². The maximum atomic E-state index is 11.8. The van der Waals surface area contributed by atoms with Gasteiger partial charge in [0, 0.05) is 114 Å². The van der Waals surface area contributed by atoms with Crippen LogP contribution in [-0.2, 0) is 62.8 Å². The van der Waals surface area contributed by atoms with Crippen LogP contribution in [0, 0.1) is 0 Å². The van der Waals surface area contributed by atoms with Crippen molar-refractivity contribution in [1.29, 1.82) is 0 Å². The Labute approximate surface area is 522 Å².